The zero-order valence-corrected chi connectivity index (χ0v) is 6.27. The molecule has 0 spiro atoms. The molecule has 0 aromatic rings. The van der Waals surface area contributed by atoms with Crippen LogP contribution in [0, 0.1) is 0 Å². The van der Waals surface area contributed by atoms with Crippen molar-refractivity contribution in [3.05, 3.63) is 22.9 Å². The highest BCUT2D eigenvalue weighted by molar-refractivity contribution is 5.98. The molecule has 0 amide bonds. The van der Waals surface area contributed by atoms with Crippen LogP contribution in [0.2, 0.25) is 0 Å². The van der Waals surface area contributed by atoms with E-state index in [0.717, 1.165) is 5.57 Å². The Labute approximate surface area is 60.4 Å². The summed E-state index contributed by atoms with van der Waals surface area (Å²) in [5, 5.41) is 0. The summed E-state index contributed by atoms with van der Waals surface area (Å²) in [4.78, 5) is 11.0. The molecule has 0 atom stereocenters. The lowest BCUT2D eigenvalue weighted by atomic mass is 9.97. The van der Waals surface area contributed by atoms with Crippen molar-refractivity contribution in [1.29, 1.82) is 0 Å². The topological polar surface area (TPSA) is 43.1 Å². The number of allylic oxidation sites excluding steroid dienone is 3. The van der Waals surface area contributed by atoms with Crippen molar-refractivity contribution in [3.8, 4) is 0 Å². The number of carbonyl (C=O) groups is 1. The van der Waals surface area contributed by atoms with Crippen LogP contribution in [0.25, 0.3) is 0 Å². The fraction of sp³-hybridized carbons (Fsp3) is 0.375. The number of Topliss-reactive ketones (excluding diaryl/α,β-unsaturated/α-hetero) is 1. The van der Waals surface area contributed by atoms with Gasteiger partial charge in [0, 0.05) is 17.7 Å². The molecular formula is C8H11NO. The number of rotatable bonds is 0. The fourth-order valence-electron chi connectivity index (χ4n) is 0.972. The van der Waals surface area contributed by atoms with E-state index in [9.17, 15) is 4.79 Å². The average Bonchev–Trinajstić information content (AvgIpc) is 1.82. The molecule has 0 heterocycles. The molecule has 0 radical (unpaired) electrons. The van der Waals surface area contributed by atoms with E-state index in [4.69, 9.17) is 5.73 Å². The molecule has 2 nitrogen and oxygen atoms in total. The molecule has 2 heteroatoms. The van der Waals surface area contributed by atoms with Crippen LogP contribution in [0.15, 0.2) is 22.9 Å². The first-order valence-electron chi connectivity index (χ1n) is 3.28. The Morgan fingerprint density at radius 1 is 1.50 bits per heavy atom. The van der Waals surface area contributed by atoms with Crippen LogP contribution in [0.4, 0.5) is 0 Å². The highest BCUT2D eigenvalue weighted by atomic mass is 16.1. The fourth-order valence-corrected chi connectivity index (χ4v) is 0.972. The van der Waals surface area contributed by atoms with Crippen LogP contribution in [-0.2, 0) is 4.79 Å². The lowest BCUT2D eigenvalue weighted by molar-refractivity contribution is -0.115. The third kappa shape index (κ3) is 1.10. The van der Waals surface area contributed by atoms with Gasteiger partial charge in [-0.25, -0.2) is 0 Å². The van der Waals surface area contributed by atoms with Gasteiger partial charge in [0.2, 0.25) is 0 Å². The van der Waals surface area contributed by atoms with Crippen LogP contribution in [0.3, 0.4) is 0 Å². The van der Waals surface area contributed by atoms with E-state index < -0.39 is 0 Å². The van der Waals surface area contributed by atoms with Gasteiger partial charge in [-0.05, 0) is 19.9 Å². The molecule has 0 bridgehead atoms. The average molecular weight is 137 g/mol. The molecule has 1 rings (SSSR count). The number of nitrogens with two attached hydrogens (primary N) is 1. The molecule has 0 fully saturated rings. The highest BCUT2D eigenvalue weighted by Crippen LogP contribution is 2.16. The minimum atomic E-state index is 0.150. The van der Waals surface area contributed by atoms with Crippen molar-refractivity contribution < 1.29 is 4.79 Å². The van der Waals surface area contributed by atoms with Gasteiger partial charge in [0.1, 0.15) is 0 Å². The maximum atomic E-state index is 11.0. The highest BCUT2D eigenvalue weighted by Gasteiger charge is 2.12. The van der Waals surface area contributed by atoms with E-state index in [1.807, 2.05) is 13.0 Å². The lowest BCUT2D eigenvalue weighted by Gasteiger charge is -2.10. The molecule has 0 unspecified atom stereocenters. The summed E-state index contributed by atoms with van der Waals surface area (Å²) >= 11 is 0. The van der Waals surface area contributed by atoms with Crippen molar-refractivity contribution in [1.82, 2.24) is 0 Å². The van der Waals surface area contributed by atoms with E-state index in [1.54, 1.807) is 6.92 Å². The van der Waals surface area contributed by atoms with Gasteiger partial charge >= 0.3 is 0 Å². The molecular weight excluding hydrogens is 126 g/mol. The Morgan fingerprint density at radius 2 is 2.10 bits per heavy atom. The van der Waals surface area contributed by atoms with Crippen molar-refractivity contribution in [2.75, 3.05) is 0 Å². The van der Waals surface area contributed by atoms with Crippen molar-refractivity contribution in [2.45, 2.75) is 20.3 Å². The van der Waals surface area contributed by atoms with Gasteiger partial charge in [-0.15, -0.1) is 0 Å². The predicted molar refractivity (Wildman–Crippen MR) is 40.3 cm³/mol. The van der Waals surface area contributed by atoms with Gasteiger partial charge in [0.05, 0.1) is 0 Å². The quantitative estimate of drug-likeness (QED) is 0.544. The lowest BCUT2D eigenvalue weighted by Crippen LogP contribution is -2.12. The summed E-state index contributed by atoms with van der Waals surface area (Å²) < 4.78 is 0. The second-order valence-electron chi connectivity index (χ2n) is 2.67. The van der Waals surface area contributed by atoms with Gasteiger partial charge < -0.3 is 5.73 Å². The first-order valence-corrected chi connectivity index (χ1v) is 3.28. The molecule has 10 heavy (non-hydrogen) atoms. The Bertz CT molecular complexity index is 236. The van der Waals surface area contributed by atoms with Gasteiger partial charge in [0.25, 0.3) is 0 Å². The normalized spacial score (nSPS) is 19.4. The molecule has 0 aromatic heterocycles. The zero-order valence-electron chi connectivity index (χ0n) is 6.27. The third-order valence-electron chi connectivity index (χ3n) is 1.69. The monoisotopic (exact) mass is 137 g/mol. The first-order chi connectivity index (χ1) is 4.61. The van der Waals surface area contributed by atoms with E-state index in [2.05, 4.69) is 0 Å². The van der Waals surface area contributed by atoms with Crippen LogP contribution < -0.4 is 5.73 Å². The molecule has 0 saturated carbocycles. The second-order valence-corrected chi connectivity index (χ2v) is 2.67. The first kappa shape index (κ1) is 7.06. The Morgan fingerprint density at radius 3 is 2.60 bits per heavy atom. The van der Waals surface area contributed by atoms with Crippen molar-refractivity contribution in [3.63, 3.8) is 0 Å². The molecule has 1 aliphatic rings. The van der Waals surface area contributed by atoms with Gasteiger partial charge in [-0.2, -0.15) is 0 Å². The molecule has 0 aromatic carbocycles. The number of hydrogen-bond acceptors (Lipinski definition) is 2. The van der Waals surface area contributed by atoms with E-state index >= 15 is 0 Å². The largest absolute Gasteiger partial charge is 0.398 e. The molecule has 0 aliphatic heterocycles. The Kier molecular flexibility index (Phi) is 1.62. The number of carbonyl (C=O) groups excluding carboxylic acids is 1. The standard InChI is InChI=1S/C8H11NO/c1-5-3-7(9)6(2)8(10)4-5/h3H,4,9H2,1-2H3. The molecule has 1 aliphatic carbocycles. The maximum absolute atomic E-state index is 11.0. The molecule has 2 N–H and O–H groups in total. The minimum Gasteiger partial charge on any atom is -0.398 e. The maximum Gasteiger partial charge on any atom is 0.164 e. The van der Waals surface area contributed by atoms with Crippen LogP contribution in [0.5, 0.6) is 0 Å². The summed E-state index contributed by atoms with van der Waals surface area (Å²) in [5.74, 6) is 0.150. The number of ketones is 1. The summed E-state index contributed by atoms with van der Waals surface area (Å²) in [6.45, 7) is 3.68. The van der Waals surface area contributed by atoms with Crippen molar-refractivity contribution >= 4 is 5.78 Å². The molecule has 54 valence electrons. The zero-order chi connectivity index (χ0) is 7.72. The van der Waals surface area contributed by atoms with E-state index in [1.165, 1.54) is 0 Å². The van der Waals surface area contributed by atoms with Gasteiger partial charge in [0.15, 0.2) is 5.78 Å². The smallest absolute Gasteiger partial charge is 0.164 e. The van der Waals surface area contributed by atoms with Crippen LogP contribution >= 0.6 is 0 Å². The SMILES string of the molecule is CC1=CC(N)=C(C)C(=O)C1. The number of hydrogen-bond donors (Lipinski definition) is 1. The van der Waals surface area contributed by atoms with Gasteiger partial charge in [-0.1, -0.05) is 5.57 Å². The Balaban J connectivity index is 3.03. The summed E-state index contributed by atoms with van der Waals surface area (Å²) in [5.41, 5.74) is 7.91. The Hall–Kier alpha value is -1.05. The van der Waals surface area contributed by atoms with Gasteiger partial charge in [-0.3, -0.25) is 4.79 Å². The molecule has 0 saturated heterocycles. The van der Waals surface area contributed by atoms with Crippen LogP contribution in [0.1, 0.15) is 20.3 Å². The van der Waals surface area contributed by atoms with Crippen molar-refractivity contribution in [2.24, 2.45) is 5.73 Å². The van der Waals surface area contributed by atoms with E-state index in [0.29, 0.717) is 17.7 Å². The summed E-state index contributed by atoms with van der Waals surface area (Å²) in [7, 11) is 0. The summed E-state index contributed by atoms with van der Waals surface area (Å²) in [6, 6.07) is 0. The second kappa shape index (κ2) is 2.29. The third-order valence-corrected chi connectivity index (χ3v) is 1.69. The predicted octanol–water partition coefficient (Wildman–Crippen LogP) is 1.14. The van der Waals surface area contributed by atoms with Crippen LogP contribution in [-0.4, -0.2) is 5.78 Å². The van der Waals surface area contributed by atoms with E-state index in [-0.39, 0.29) is 5.78 Å². The summed E-state index contributed by atoms with van der Waals surface area (Å²) in [6.07, 6.45) is 2.39. The minimum absolute atomic E-state index is 0.150.